The average Bonchev–Trinajstić information content (AvgIpc) is 2.75. The van der Waals surface area contributed by atoms with E-state index in [1.54, 1.807) is 17.9 Å². The van der Waals surface area contributed by atoms with Crippen molar-refractivity contribution in [1.29, 1.82) is 0 Å². The van der Waals surface area contributed by atoms with E-state index in [4.69, 9.17) is 5.73 Å². The summed E-state index contributed by atoms with van der Waals surface area (Å²) in [5.74, 6) is 0.552. The summed E-state index contributed by atoms with van der Waals surface area (Å²) >= 11 is 0. The highest BCUT2D eigenvalue weighted by atomic mass is 16.3. The van der Waals surface area contributed by atoms with Gasteiger partial charge >= 0.3 is 0 Å². The lowest BCUT2D eigenvalue weighted by atomic mass is 9.92. The standard InChI is InChI=1S/C11H18N4O2/c1-7(16)8-2-4-15(5-3-8)11(17)9-6-10(12)14-13-9/h6-8,16H,2-5H2,1H3,(H3,12,13,14). The molecule has 0 saturated carbocycles. The predicted molar refractivity (Wildman–Crippen MR) is 63.3 cm³/mol. The molecule has 6 heteroatoms. The molecule has 2 rings (SSSR count). The Balaban J connectivity index is 1.95. The Morgan fingerprint density at radius 2 is 2.29 bits per heavy atom. The molecule has 1 aliphatic heterocycles. The minimum Gasteiger partial charge on any atom is -0.393 e. The first-order chi connectivity index (χ1) is 8.08. The number of aromatic nitrogens is 2. The molecule has 1 amide bonds. The molecule has 1 aromatic rings. The van der Waals surface area contributed by atoms with Crippen molar-refractivity contribution in [2.75, 3.05) is 18.8 Å². The van der Waals surface area contributed by atoms with Crippen LogP contribution in [0, 0.1) is 5.92 Å². The molecule has 1 aromatic heterocycles. The minimum atomic E-state index is -0.296. The summed E-state index contributed by atoms with van der Waals surface area (Å²) in [5, 5.41) is 15.8. The number of anilines is 1. The lowest BCUT2D eigenvalue weighted by molar-refractivity contribution is 0.0517. The van der Waals surface area contributed by atoms with Crippen LogP contribution in [0.3, 0.4) is 0 Å². The summed E-state index contributed by atoms with van der Waals surface area (Å²) < 4.78 is 0. The fraction of sp³-hybridized carbons (Fsp3) is 0.636. The Labute approximate surface area is 99.8 Å². The number of hydrogen-bond donors (Lipinski definition) is 3. The van der Waals surface area contributed by atoms with Gasteiger partial charge in [-0.1, -0.05) is 0 Å². The molecule has 1 atom stereocenters. The first-order valence-electron chi connectivity index (χ1n) is 5.86. The third-order valence-corrected chi connectivity index (χ3v) is 3.34. The molecule has 0 spiro atoms. The molecule has 17 heavy (non-hydrogen) atoms. The van der Waals surface area contributed by atoms with Crippen molar-refractivity contribution in [1.82, 2.24) is 15.1 Å². The van der Waals surface area contributed by atoms with Gasteiger partial charge in [-0.15, -0.1) is 0 Å². The number of nitrogens with zero attached hydrogens (tertiary/aromatic N) is 2. The number of aromatic amines is 1. The molecule has 0 bridgehead atoms. The average molecular weight is 238 g/mol. The summed E-state index contributed by atoms with van der Waals surface area (Å²) in [7, 11) is 0. The number of hydrogen-bond acceptors (Lipinski definition) is 4. The number of rotatable bonds is 2. The fourth-order valence-corrected chi connectivity index (χ4v) is 2.20. The molecule has 0 aliphatic carbocycles. The first-order valence-corrected chi connectivity index (χ1v) is 5.86. The highest BCUT2D eigenvalue weighted by Gasteiger charge is 2.26. The van der Waals surface area contributed by atoms with Gasteiger partial charge in [-0.2, -0.15) is 5.10 Å². The molecule has 1 fully saturated rings. The lowest BCUT2D eigenvalue weighted by Crippen LogP contribution is -2.40. The number of amides is 1. The van der Waals surface area contributed by atoms with Gasteiger partial charge < -0.3 is 15.7 Å². The Kier molecular flexibility index (Phi) is 3.33. The maximum atomic E-state index is 12.0. The maximum absolute atomic E-state index is 12.0. The number of piperidine rings is 1. The zero-order valence-electron chi connectivity index (χ0n) is 9.89. The molecule has 2 heterocycles. The molecule has 94 valence electrons. The molecule has 1 unspecified atom stereocenters. The topological polar surface area (TPSA) is 95.2 Å². The Morgan fingerprint density at radius 1 is 1.65 bits per heavy atom. The van der Waals surface area contributed by atoms with Gasteiger partial charge in [0.25, 0.3) is 5.91 Å². The van der Waals surface area contributed by atoms with E-state index in [1.165, 1.54) is 0 Å². The first kappa shape index (κ1) is 11.9. The number of aliphatic hydroxyl groups excluding tert-OH is 1. The maximum Gasteiger partial charge on any atom is 0.271 e. The summed E-state index contributed by atoms with van der Waals surface area (Å²) in [6, 6.07) is 1.54. The van der Waals surface area contributed by atoms with Crippen molar-refractivity contribution in [3.8, 4) is 0 Å². The van der Waals surface area contributed by atoms with Crippen LogP contribution in [0.2, 0.25) is 0 Å². The molecule has 0 radical (unpaired) electrons. The van der Waals surface area contributed by atoms with Crippen LogP contribution in [0.25, 0.3) is 0 Å². The van der Waals surface area contributed by atoms with E-state index < -0.39 is 0 Å². The SMILES string of the molecule is CC(O)C1CCN(C(=O)c2cc(N)n[nH]2)CC1. The van der Waals surface area contributed by atoms with E-state index in [0.717, 1.165) is 12.8 Å². The van der Waals surface area contributed by atoms with E-state index >= 15 is 0 Å². The van der Waals surface area contributed by atoms with Gasteiger partial charge in [-0.05, 0) is 25.7 Å². The van der Waals surface area contributed by atoms with Gasteiger partial charge in [0.1, 0.15) is 11.5 Å². The van der Waals surface area contributed by atoms with E-state index in [1.807, 2.05) is 0 Å². The van der Waals surface area contributed by atoms with Crippen LogP contribution in [0.4, 0.5) is 5.82 Å². The predicted octanol–water partition coefficient (Wildman–Crippen LogP) is 0.225. The summed E-state index contributed by atoms with van der Waals surface area (Å²) in [6.45, 7) is 3.15. The molecule has 1 aliphatic rings. The number of aliphatic hydroxyl groups is 1. The number of nitrogens with one attached hydrogen (secondary N) is 1. The molecule has 4 N–H and O–H groups in total. The molecule has 6 nitrogen and oxygen atoms in total. The van der Waals surface area contributed by atoms with Crippen molar-refractivity contribution in [2.24, 2.45) is 5.92 Å². The summed E-state index contributed by atoms with van der Waals surface area (Å²) in [4.78, 5) is 13.8. The van der Waals surface area contributed by atoms with E-state index in [2.05, 4.69) is 10.2 Å². The van der Waals surface area contributed by atoms with Crippen molar-refractivity contribution in [3.63, 3.8) is 0 Å². The third-order valence-electron chi connectivity index (χ3n) is 3.34. The largest absolute Gasteiger partial charge is 0.393 e. The second-order valence-electron chi connectivity index (χ2n) is 4.58. The van der Waals surface area contributed by atoms with E-state index in [-0.39, 0.29) is 12.0 Å². The van der Waals surface area contributed by atoms with Gasteiger partial charge in [0, 0.05) is 19.2 Å². The number of nitrogens with two attached hydrogens (primary N) is 1. The Bertz CT molecular complexity index is 394. The number of carbonyl (C=O) groups is 1. The van der Waals surface area contributed by atoms with E-state index in [9.17, 15) is 9.90 Å². The second-order valence-corrected chi connectivity index (χ2v) is 4.58. The zero-order valence-corrected chi connectivity index (χ0v) is 9.89. The van der Waals surface area contributed by atoms with Crippen LogP contribution in [-0.4, -0.2) is 45.3 Å². The minimum absolute atomic E-state index is 0.0711. The van der Waals surface area contributed by atoms with Crippen LogP contribution in [0.1, 0.15) is 30.3 Å². The summed E-state index contributed by atoms with van der Waals surface area (Å²) in [5.41, 5.74) is 5.89. The Hall–Kier alpha value is -1.56. The molecule has 0 aromatic carbocycles. The quantitative estimate of drug-likeness (QED) is 0.687. The number of H-pyrrole nitrogens is 1. The number of carbonyl (C=O) groups excluding carboxylic acids is 1. The highest BCUT2D eigenvalue weighted by molar-refractivity contribution is 5.93. The Morgan fingerprint density at radius 3 is 2.76 bits per heavy atom. The van der Waals surface area contributed by atoms with Crippen LogP contribution in [0.15, 0.2) is 6.07 Å². The zero-order chi connectivity index (χ0) is 12.4. The summed E-state index contributed by atoms with van der Waals surface area (Å²) in [6.07, 6.45) is 1.38. The van der Waals surface area contributed by atoms with Crippen LogP contribution < -0.4 is 5.73 Å². The third kappa shape index (κ3) is 2.58. The van der Waals surface area contributed by atoms with Gasteiger partial charge in [0.05, 0.1) is 6.10 Å². The molecule has 1 saturated heterocycles. The number of likely N-dealkylation sites (tertiary alicyclic amines) is 1. The smallest absolute Gasteiger partial charge is 0.271 e. The second kappa shape index (κ2) is 4.75. The van der Waals surface area contributed by atoms with Crippen LogP contribution in [-0.2, 0) is 0 Å². The van der Waals surface area contributed by atoms with Gasteiger partial charge in [0.2, 0.25) is 0 Å². The van der Waals surface area contributed by atoms with Gasteiger partial charge in [-0.3, -0.25) is 9.89 Å². The van der Waals surface area contributed by atoms with Gasteiger partial charge in [-0.25, -0.2) is 0 Å². The van der Waals surface area contributed by atoms with Crippen LogP contribution in [0.5, 0.6) is 0 Å². The van der Waals surface area contributed by atoms with Crippen LogP contribution >= 0.6 is 0 Å². The lowest BCUT2D eigenvalue weighted by Gasteiger charge is -2.32. The van der Waals surface area contributed by atoms with Gasteiger partial charge in [0.15, 0.2) is 0 Å². The number of nitrogen functional groups attached to an aromatic ring is 1. The van der Waals surface area contributed by atoms with Crippen molar-refractivity contribution >= 4 is 11.7 Å². The highest BCUT2D eigenvalue weighted by Crippen LogP contribution is 2.21. The monoisotopic (exact) mass is 238 g/mol. The van der Waals surface area contributed by atoms with Crippen molar-refractivity contribution in [2.45, 2.75) is 25.9 Å². The normalized spacial score (nSPS) is 19.3. The van der Waals surface area contributed by atoms with Crippen molar-refractivity contribution < 1.29 is 9.90 Å². The fourth-order valence-electron chi connectivity index (χ4n) is 2.20. The van der Waals surface area contributed by atoms with Crippen molar-refractivity contribution in [3.05, 3.63) is 11.8 Å². The molecular formula is C11H18N4O2. The molecular weight excluding hydrogens is 220 g/mol. The van der Waals surface area contributed by atoms with E-state index in [0.29, 0.717) is 30.5 Å².